The summed E-state index contributed by atoms with van der Waals surface area (Å²) in [5.74, 6) is -0.629. The monoisotopic (exact) mass is 270 g/mol. The Morgan fingerprint density at radius 2 is 1.65 bits per heavy atom. The van der Waals surface area contributed by atoms with Crippen molar-refractivity contribution in [3.8, 4) is 0 Å². The Hall–Kier alpha value is -2.53. The van der Waals surface area contributed by atoms with E-state index >= 15 is 0 Å². The fourth-order valence-corrected chi connectivity index (χ4v) is 1.66. The molecule has 2 aromatic rings. The van der Waals surface area contributed by atoms with Crippen LogP contribution in [0, 0.1) is 0 Å². The maximum Gasteiger partial charge on any atom is 0.295 e. The van der Waals surface area contributed by atoms with Gasteiger partial charge in [-0.1, -0.05) is 36.4 Å². The van der Waals surface area contributed by atoms with Crippen LogP contribution in [0.5, 0.6) is 0 Å². The van der Waals surface area contributed by atoms with Crippen molar-refractivity contribution in [2.75, 3.05) is 14.2 Å². The molecule has 5 heteroatoms. The van der Waals surface area contributed by atoms with Gasteiger partial charge in [-0.15, -0.1) is 0 Å². The van der Waals surface area contributed by atoms with Crippen molar-refractivity contribution in [2.45, 2.75) is 0 Å². The number of ketones is 1. The molecule has 0 atom stereocenters. The molecule has 20 heavy (non-hydrogen) atoms. The van der Waals surface area contributed by atoms with Crippen LogP contribution < -0.4 is 0 Å². The van der Waals surface area contributed by atoms with Crippen LogP contribution in [-0.4, -0.2) is 35.9 Å². The van der Waals surface area contributed by atoms with Crippen LogP contribution in [0.3, 0.4) is 0 Å². The van der Waals surface area contributed by atoms with E-state index in [0.29, 0.717) is 5.56 Å². The van der Waals surface area contributed by atoms with Gasteiger partial charge in [0.2, 0.25) is 5.78 Å². The second-order valence-electron chi connectivity index (χ2n) is 4.09. The van der Waals surface area contributed by atoms with E-state index in [0.717, 1.165) is 5.06 Å². The number of pyridine rings is 1. The molecule has 1 aromatic carbocycles. The highest BCUT2D eigenvalue weighted by Gasteiger charge is 2.16. The van der Waals surface area contributed by atoms with E-state index in [2.05, 4.69) is 4.98 Å². The predicted octanol–water partition coefficient (Wildman–Crippen LogP) is 1.95. The molecular formula is C15H14N2O3. The Bertz CT molecular complexity index is 626. The van der Waals surface area contributed by atoms with Crippen molar-refractivity contribution in [1.29, 1.82) is 0 Å². The molecule has 0 saturated heterocycles. The Kier molecular flexibility index (Phi) is 4.22. The van der Waals surface area contributed by atoms with Gasteiger partial charge in [-0.3, -0.25) is 14.4 Å². The third-order valence-corrected chi connectivity index (χ3v) is 2.80. The van der Waals surface area contributed by atoms with Crippen LogP contribution in [0.1, 0.15) is 26.5 Å². The van der Waals surface area contributed by atoms with Crippen LogP contribution in [0.2, 0.25) is 0 Å². The minimum atomic E-state index is -0.407. The van der Waals surface area contributed by atoms with Crippen molar-refractivity contribution in [1.82, 2.24) is 10.0 Å². The topological polar surface area (TPSA) is 59.5 Å². The molecule has 0 aliphatic carbocycles. The second kappa shape index (κ2) is 6.08. The van der Waals surface area contributed by atoms with E-state index in [-0.39, 0.29) is 17.2 Å². The van der Waals surface area contributed by atoms with E-state index < -0.39 is 5.91 Å². The van der Waals surface area contributed by atoms with Gasteiger partial charge in [-0.05, 0) is 12.1 Å². The first-order chi connectivity index (χ1) is 9.63. The van der Waals surface area contributed by atoms with Gasteiger partial charge in [-0.25, -0.2) is 10.0 Å². The largest absolute Gasteiger partial charge is 0.295 e. The number of carbonyl (C=O) groups is 2. The zero-order chi connectivity index (χ0) is 14.5. The summed E-state index contributed by atoms with van der Waals surface area (Å²) >= 11 is 0. The van der Waals surface area contributed by atoms with Gasteiger partial charge >= 0.3 is 0 Å². The summed E-state index contributed by atoms with van der Waals surface area (Å²) in [4.78, 5) is 33.1. The van der Waals surface area contributed by atoms with Gasteiger partial charge in [0.15, 0.2) is 0 Å². The summed E-state index contributed by atoms with van der Waals surface area (Å²) in [7, 11) is 2.87. The molecule has 0 fully saturated rings. The molecular weight excluding hydrogens is 256 g/mol. The Morgan fingerprint density at radius 1 is 1.00 bits per heavy atom. The molecule has 1 aromatic heterocycles. The number of hydrogen-bond donors (Lipinski definition) is 0. The SMILES string of the molecule is CON(C)C(=O)c1cccc(C(=O)c2ccccc2)n1. The second-order valence-corrected chi connectivity index (χ2v) is 4.09. The van der Waals surface area contributed by atoms with Crippen LogP contribution in [0.15, 0.2) is 48.5 Å². The minimum Gasteiger partial charge on any atom is -0.287 e. The Labute approximate surface area is 116 Å². The predicted molar refractivity (Wildman–Crippen MR) is 73.2 cm³/mol. The molecule has 0 aliphatic rings. The van der Waals surface area contributed by atoms with Crippen LogP contribution in [0.4, 0.5) is 0 Å². The number of rotatable bonds is 4. The van der Waals surface area contributed by atoms with E-state index in [1.54, 1.807) is 42.5 Å². The van der Waals surface area contributed by atoms with Gasteiger partial charge in [-0.2, -0.15) is 0 Å². The maximum absolute atomic E-state index is 12.2. The number of nitrogens with zero attached hydrogens (tertiary/aromatic N) is 2. The molecule has 0 unspecified atom stereocenters. The fraction of sp³-hybridized carbons (Fsp3) is 0.133. The molecule has 0 aliphatic heterocycles. The third-order valence-electron chi connectivity index (χ3n) is 2.80. The maximum atomic E-state index is 12.2. The first-order valence-corrected chi connectivity index (χ1v) is 6.02. The molecule has 1 amide bonds. The van der Waals surface area contributed by atoms with Crippen LogP contribution in [-0.2, 0) is 4.84 Å². The summed E-state index contributed by atoms with van der Waals surface area (Å²) < 4.78 is 0. The number of hydroxylamine groups is 2. The average molecular weight is 270 g/mol. The number of aromatic nitrogens is 1. The van der Waals surface area contributed by atoms with Crippen LogP contribution in [0.25, 0.3) is 0 Å². The highest BCUT2D eigenvalue weighted by atomic mass is 16.7. The minimum absolute atomic E-state index is 0.163. The average Bonchev–Trinajstić information content (AvgIpc) is 2.53. The molecule has 102 valence electrons. The zero-order valence-electron chi connectivity index (χ0n) is 11.2. The summed E-state index contributed by atoms with van der Waals surface area (Å²) in [6.07, 6.45) is 0. The summed E-state index contributed by atoms with van der Waals surface area (Å²) in [6, 6.07) is 13.6. The summed E-state index contributed by atoms with van der Waals surface area (Å²) in [5, 5.41) is 1.05. The van der Waals surface area contributed by atoms with Gasteiger partial charge < -0.3 is 0 Å². The van der Waals surface area contributed by atoms with Crippen molar-refractivity contribution in [3.05, 3.63) is 65.5 Å². The number of hydrogen-bond acceptors (Lipinski definition) is 4. The van der Waals surface area contributed by atoms with Crippen molar-refractivity contribution in [2.24, 2.45) is 0 Å². The lowest BCUT2D eigenvalue weighted by Gasteiger charge is -2.13. The molecule has 1 heterocycles. The van der Waals surface area contributed by atoms with E-state index in [1.807, 2.05) is 6.07 Å². The number of amides is 1. The lowest BCUT2D eigenvalue weighted by Crippen LogP contribution is -2.26. The summed E-state index contributed by atoms with van der Waals surface area (Å²) in [6.45, 7) is 0. The fourth-order valence-electron chi connectivity index (χ4n) is 1.66. The quantitative estimate of drug-likeness (QED) is 0.629. The van der Waals surface area contributed by atoms with Crippen molar-refractivity contribution < 1.29 is 14.4 Å². The zero-order valence-corrected chi connectivity index (χ0v) is 11.2. The molecule has 5 nitrogen and oxygen atoms in total. The molecule has 0 bridgehead atoms. The molecule has 0 saturated carbocycles. The molecule has 2 rings (SSSR count). The Balaban J connectivity index is 2.31. The number of benzene rings is 1. The first kappa shape index (κ1) is 13.9. The Morgan fingerprint density at radius 3 is 2.30 bits per heavy atom. The van der Waals surface area contributed by atoms with E-state index in [4.69, 9.17) is 4.84 Å². The smallest absolute Gasteiger partial charge is 0.287 e. The van der Waals surface area contributed by atoms with Gasteiger partial charge in [0.05, 0.1) is 7.11 Å². The highest BCUT2D eigenvalue weighted by Crippen LogP contribution is 2.09. The van der Waals surface area contributed by atoms with E-state index in [9.17, 15) is 9.59 Å². The molecule has 0 N–H and O–H groups in total. The first-order valence-electron chi connectivity index (χ1n) is 6.02. The third kappa shape index (κ3) is 2.89. The molecule has 0 radical (unpaired) electrons. The van der Waals surface area contributed by atoms with E-state index in [1.165, 1.54) is 14.2 Å². The van der Waals surface area contributed by atoms with Crippen LogP contribution >= 0.6 is 0 Å². The standard InChI is InChI=1S/C15H14N2O3/c1-17(20-2)15(19)13-10-6-9-12(16-13)14(18)11-7-4-3-5-8-11/h3-10H,1-2H3. The van der Waals surface area contributed by atoms with Gasteiger partial charge in [0.1, 0.15) is 11.4 Å². The van der Waals surface area contributed by atoms with Gasteiger partial charge in [0, 0.05) is 12.6 Å². The highest BCUT2D eigenvalue weighted by molar-refractivity contribution is 6.08. The lowest BCUT2D eigenvalue weighted by molar-refractivity contribution is -0.0760. The summed E-state index contributed by atoms with van der Waals surface area (Å²) in [5.41, 5.74) is 0.923. The van der Waals surface area contributed by atoms with Crippen molar-refractivity contribution >= 4 is 11.7 Å². The lowest BCUT2D eigenvalue weighted by atomic mass is 10.1. The molecule has 0 spiro atoms. The van der Waals surface area contributed by atoms with Gasteiger partial charge in [0.25, 0.3) is 5.91 Å². The normalized spacial score (nSPS) is 10.1. The van der Waals surface area contributed by atoms with Crippen molar-refractivity contribution in [3.63, 3.8) is 0 Å². The number of carbonyl (C=O) groups excluding carboxylic acids is 2.